The second-order valence-corrected chi connectivity index (χ2v) is 9.70. The summed E-state index contributed by atoms with van der Waals surface area (Å²) in [7, 11) is 0. The summed E-state index contributed by atoms with van der Waals surface area (Å²) in [6.45, 7) is 14.4. The van der Waals surface area contributed by atoms with Crippen LogP contribution in [0.15, 0.2) is 28.0 Å². The number of nitrogens with zero attached hydrogens (tertiary/aromatic N) is 3. The first-order chi connectivity index (χ1) is 12.8. The summed E-state index contributed by atoms with van der Waals surface area (Å²) in [5.74, 6) is 0. The van der Waals surface area contributed by atoms with Gasteiger partial charge in [-0.25, -0.2) is 0 Å². The van der Waals surface area contributed by atoms with Crippen LogP contribution in [0.2, 0.25) is 0 Å². The van der Waals surface area contributed by atoms with E-state index < -0.39 is 0 Å². The Balaban J connectivity index is 1.54. The van der Waals surface area contributed by atoms with Gasteiger partial charge in [-0.2, -0.15) is 0 Å². The molecule has 0 atom stereocenters. The second-order valence-electron chi connectivity index (χ2n) is 9.70. The minimum atomic E-state index is -0.0511. The lowest BCUT2D eigenvalue weighted by Crippen LogP contribution is -2.75. The van der Waals surface area contributed by atoms with E-state index in [1.54, 1.807) is 0 Å². The molecule has 0 saturated carbocycles. The van der Waals surface area contributed by atoms with Gasteiger partial charge in [-0.3, -0.25) is 19.6 Å². The predicted molar refractivity (Wildman–Crippen MR) is 110 cm³/mol. The summed E-state index contributed by atoms with van der Waals surface area (Å²) in [5, 5.41) is 1.08. The Labute approximate surface area is 160 Å². The monoisotopic (exact) mass is 364 g/mol. The van der Waals surface area contributed by atoms with Gasteiger partial charge in [0, 0.05) is 43.2 Å². The molecule has 0 radical (unpaired) electrons. The number of aryl methyl sites for hydroxylation is 2. The average molecular weight is 364 g/mol. The molecule has 0 aliphatic carbocycles. The van der Waals surface area contributed by atoms with Gasteiger partial charge < -0.3 is 4.98 Å². The number of pyridine rings is 1. The molecule has 5 heteroatoms. The van der Waals surface area contributed by atoms with E-state index in [1.165, 1.54) is 5.56 Å². The average Bonchev–Trinajstić information content (AvgIpc) is 2.53. The summed E-state index contributed by atoms with van der Waals surface area (Å²) in [6, 6.07) is 6.48. The van der Waals surface area contributed by atoms with E-state index in [4.69, 9.17) is 4.99 Å². The molecule has 0 spiro atoms. The Kier molecular flexibility index (Phi) is 3.50. The van der Waals surface area contributed by atoms with Crippen molar-refractivity contribution in [2.45, 2.75) is 33.7 Å². The number of fused-ring (bicyclic) bond motifs is 1. The van der Waals surface area contributed by atoms with Crippen LogP contribution in [0, 0.1) is 24.7 Å². The zero-order valence-electron chi connectivity index (χ0n) is 16.7. The maximum absolute atomic E-state index is 12.6. The van der Waals surface area contributed by atoms with Gasteiger partial charge in [-0.15, -0.1) is 0 Å². The molecule has 142 valence electrons. The van der Waals surface area contributed by atoms with Crippen LogP contribution in [-0.4, -0.2) is 59.9 Å². The number of aromatic nitrogens is 1. The lowest BCUT2D eigenvalue weighted by atomic mass is 9.60. The Hall–Kier alpha value is -1.98. The lowest BCUT2D eigenvalue weighted by Gasteiger charge is -2.65. The van der Waals surface area contributed by atoms with Crippen molar-refractivity contribution in [3.63, 3.8) is 0 Å². The summed E-state index contributed by atoms with van der Waals surface area (Å²) >= 11 is 0. The second kappa shape index (κ2) is 5.52. The van der Waals surface area contributed by atoms with Gasteiger partial charge in [0.15, 0.2) is 0 Å². The molecule has 4 fully saturated rings. The first-order valence-electron chi connectivity index (χ1n) is 9.88. The van der Waals surface area contributed by atoms with Crippen LogP contribution < -0.4 is 5.56 Å². The molecule has 1 aromatic heterocycles. The van der Waals surface area contributed by atoms with Crippen molar-refractivity contribution < 1.29 is 0 Å². The topological polar surface area (TPSA) is 51.7 Å². The third-order valence-electron chi connectivity index (χ3n) is 6.74. The summed E-state index contributed by atoms with van der Waals surface area (Å²) in [4.78, 5) is 25.9. The molecule has 4 aliphatic heterocycles. The van der Waals surface area contributed by atoms with Crippen molar-refractivity contribution >= 4 is 17.1 Å². The summed E-state index contributed by atoms with van der Waals surface area (Å²) < 4.78 is 0. The third-order valence-corrected chi connectivity index (χ3v) is 6.74. The van der Waals surface area contributed by atoms with E-state index in [2.05, 4.69) is 47.7 Å². The number of hydrogen-bond acceptors (Lipinski definition) is 4. The fourth-order valence-electron chi connectivity index (χ4n) is 6.24. The van der Waals surface area contributed by atoms with Gasteiger partial charge in [0.2, 0.25) is 0 Å². The molecule has 2 aromatic rings. The fourth-order valence-corrected chi connectivity index (χ4v) is 6.24. The number of piperidine rings is 2. The van der Waals surface area contributed by atoms with Gasteiger partial charge in [0.05, 0.1) is 23.8 Å². The van der Waals surface area contributed by atoms with Crippen molar-refractivity contribution in [3.05, 3.63) is 45.2 Å². The number of aromatic amines is 1. The standard InChI is InChI=1S/C22H28N4O/c1-14-5-15(2)18-16(6-14)7-17(19(27)24-18)8-23-20-21(3)9-25-11-22(20,4)12-26(10-21)13-25/h5-8,20H,9-13H2,1-4H3,(H,24,27). The Morgan fingerprint density at radius 1 is 1.07 bits per heavy atom. The molecule has 1 N–H and O–H groups in total. The summed E-state index contributed by atoms with van der Waals surface area (Å²) in [6.07, 6.45) is 1.84. The Morgan fingerprint density at radius 2 is 1.70 bits per heavy atom. The molecule has 6 rings (SSSR count). The van der Waals surface area contributed by atoms with E-state index in [9.17, 15) is 4.79 Å². The van der Waals surface area contributed by atoms with Gasteiger partial charge in [-0.05, 0) is 36.9 Å². The van der Waals surface area contributed by atoms with Crippen LogP contribution in [-0.2, 0) is 0 Å². The zero-order chi connectivity index (χ0) is 19.0. The van der Waals surface area contributed by atoms with Crippen molar-refractivity contribution in [2.24, 2.45) is 15.8 Å². The van der Waals surface area contributed by atoms with Crippen LogP contribution in [0.1, 0.15) is 30.5 Å². The highest BCUT2D eigenvalue weighted by atomic mass is 16.1. The number of rotatable bonds is 2. The molecule has 5 heterocycles. The number of nitrogens with one attached hydrogen (secondary N) is 1. The first-order valence-corrected chi connectivity index (χ1v) is 9.88. The van der Waals surface area contributed by atoms with Crippen molar-refractivity contribution in [2.75, 3.05) is 32.8 Å². The minimum Gasteiger partial charge on any atom is -0.321 e. The van der Waals surface area contributed by atoms with Gasteiger partial charge >= 0.3 is 0 Å². The minimum absolute atomic E-state index is 0.0511. The largest absolute Gasteiger partial charge is 0.321 e. The Bertz CT molecular complexity index is 985. The molecular weight excluding hydrogens is 336 g/mol. The maximum atomic E-state index is 12.6. The SMILES string of the molecule is Cc1cc(C)c2[nH]c(=O)c(C=NC3C4(C)CN5CN(C4)CC3(C)C5)cc2c1. The van der Waals surface area contributed by atoms with Crippen LogP contribution in [0.3, 0.4) is 0 Å². The maximum Gasteiger partial charge on any atom is 0.257 e. The molecular formula is C22H28N4O. The Morgan fingerprint density at radius 3 is 2.33 bits per heavy atom. The smallest absolute Gasteiger partial charge is 0.257 e. The van der Waals surface area contributed by atoms with E-state index in [0.717, 1.165) is 49.3 Å². The number of aliphatic imine (C=N–C) groups is 1. The molecule has 0 unspecified atom stereocenters. The molecule has 27 heavy (non-hydrogen) atoms. The number of hydrogen-bond donors (Lipinski definition) is 1. The number of benzene rings is 1. The van der Waals surface area contributed by atoms with Crippen molar-refractivity contribution in [3.8, 4) is 0 Å². The summed E-state index contributed by atoms with van der Waals surface area (Å²) in [5.41, 5.74) is 4.18. The van der Waals surface area contributed by atoms with Crippen molar-refractivity contribution in [1.82, 2.24) is 14.8 Å². The fraction of sp³-hybridized carbons (Fsp3) is 0.545. The normalized spacial score (nSPS) is 37.6. The molecule has 0 amide bonds. The highest BCUT2D eigenvalue weighted by Crippen LogP contribution is 2.50. The highest BCUT2D eigenvalue weighted by Gasteiger charge is 2.59. The van der Waals surface area contributed by atoms with E-state index in [-0.39, 0.29) is 22.4 Å². The zero-order valence-corrected chi connectivity index (χ0v) is 16.7. The molecule has 4 saturated heterocycles. The quantitative estimate of drug-likeness (QED) is 0.833. The van der Waals surface area contributed by atoms with Crippen LogP contribution in [0.4, 0.5) is 0 Å². The molecule has 1 aromatic carbocycles. The van der Waals surface area contributed by atoms with E-state index >= 15 is 0 Å². The lowest BCUT2D eigenvalue weighted by molar-refractivity contribution is -0.165. The third kappa shape index (κ3) is 2.59. The molecule has 4 bridgehead atoms. The van der Waals surface area contributed by atoms with Gasteiger partial charge in [0.25, 0.3) is 5.56 Å². The molecule has 5 nitrogen and oxygen atoms in total. The van der Waals surface area contributed by atoms with Gasteiger partial charge in [-0.1, -0.05) is 25.5 Å². The number of H-pyrrole nitrogens is 1. The van der Waals surface area contributed by atoms with Crippen LogP contribution >= 0.6 is 0 Å². The molecule has 4 aliphatic rings. The van der Waals surface area contributed by atoms with Crippen LogP contribution in [0.5, 0.6) is 0 Å². The van der Waals surface area contributed by atoms with Crippen LogP contribution in [0.25, 0.3) is 10.9 Å². The highest BCUT2D eigenvalue weighted by molar-refractivity contribution is 5.89. The predicted octanol–water partition coefficient (Wildman–Crippen LogP) is 2.55. The van der Waals surface area contributed by atoms with E-state index in [1.807, 2.05) is 19.2 Å². The first kappa shape index (κ1) is 17.1. The van der Waals surface area contributed by atoms with Crippen molar-refractivity contribution in [1.29, 1.82) is 0 Å². The van der Waals surface area contributed by atoms with E-state index in [0.29, 0.717) is 5.56 Å². The van der Waals surface area contributed by atoms with Gasteiger partial charge in [0.1, 0.15) is 0 Å².